The zero-order valence-electron chi connectivity index (χ0n) is 18.4. The predicted molar refractivity (Wildman–Crippen MR) is 125 cm³/mol. The van der Waals surface area contributed by atoms with Crippen LogP contribution in [0.15, 0.2) is 35.4 Å². The number of hydrogen-bond acceptors (Lipinski definition) is 6. The van der Waals surface area contributed by atoms with E-state index in [1.54, 1.807) is 0 Å². The van der Waals surface area contributed by atoms with E-state index in [4.69, 9.17) is 33.1 Å². The van der Waals surface area contributed by atoms with Crippen molar-refractivity contribution in [3.63, 3.8) is 0 Å². The van der Waals surface area contributed by atoms with Crippen molar-refractivity contribution in [3.8, 4) is 0 Å². The smallest absolute Gasteiger partial charge is 0.478 e. The fraction of sp³-hybridized carbons (Fsp3) is 0.350. The topological polar surface area (TPSA) is 137 Å². The maximum atomic E-state index is 12.6. The SMILES string of the molecule is CCCCN(CC)c1ncc(NS(=O)(=O)c2ccc(Cl)c(Cl)c2)cc1C(=O)O.O=C(O)C(F)(F)F. The Balaban J connectivity index is 0.000000762. The van der Waals surface area contributed by atoms with Crippen molar-refractivity contribution in [2.75, 3.05) is 22.7 Å². The summed E-state index contributed by atoms with van der Waals surface area (Å²) in [7, 11) is -3.99. The molecule has 15 heteroatoms. The van der Waals surface area contributed by atoms with E-state index in [1.807, 2.05) is 18.7 Å². The molecule has 2 aromatic rings. The Bertz CT molecular complexity index is 1160. The van der Waals surface area contributed by atoms with Crippen LogP contribution in [0.1, 0.15) is 37.0 Å². The number of carboxylic acids is 2. The molecule has 1 aromatic heterocycles. The van der Waals surface area contributed by atoms with Crippen molar-refractivity contribution in [1.82, 2.24) is 4.98 Å². The van der Waals surface area contributed by atoms with Crippen LogP contribution in [0, 0.1) is 0 Å². The summed E-state index contributed by atoms with van der Waals surface area (Å²) >= 11 is 11.7. The second-order valence-electron chi connectivity index (χ2n) is 6.82. The first-order valence-electron chi connectivity index (χ1n) is 9.90. The van der Waals surface area contributed by atoms with Crippen LogP contribution in [0.4, 0.5) is 24.7 Å². The van der Waals surface area contributed by atoms with Crippen LogP contribution < -0.4 is 9.62 Å². The maximum Gasteiger partial charge on any atom is 0.490 e. The fourth-order valence-electron chi connectivity index (χ4n) is 2.54. The highest BCUT2D eigenvalue weighted by molar-refractivity contribution is 7.92. The molecule has 0 unspecified atom stereocenters. The van der Waals surface area contributed by atoms with E-state index in [2.05, 4.69) is 9.71 Å². The average molecular weight is 560 g/mol. The zero-order chi connectivity index (χ0) is 27.0. The number of halogens is 5. The van der Waals surface area contributed by atoms with Gasteiger partial charge in [-0.3, -0.25) is 4.72 Å². The second kappa shape index (κ2) is 12.8. The summed E-state index contributed by atoms with van der Waals surface area (Å²) in [6, 6.07) is 5.15. The lowest BCUT2D eigenvalue weighted by Gasteiger charge is -2.23. The first-order chi connectivity index (χ1) is 16.1. The molecule has 194 valence electrons. The lowest BCUT2D eigenvalue weighted by molar-refractivity contribution is -0.192. The van der Waals surface area contributed by atoms with Gasteiger partial charge in [0.15, 0.2) is 0 Å². The number of nitrogens with one attached hydrogen (secondary N) is 1. The third-order valence-electron chi connectivity index (χ3n) is 4.26. The van der Waals surface area contributed by atoms with Crippen LogP contribution >= 0.6 is 23.2 Å². The molecule has 0 saturated carbocycles. The van der Waals surface area contributed by atoms with Gasteiger partial charge in [0.1, 0.15) is 11.4 Å². The van der Waals surface area contributed by atoms with E-state index in [-0.39, 0.29) is 26.2 Å². The van der Waals surface area contributed by atoms with Gasteiger partial charge in [-0.15, -0.1) is 0 Å². The number of aromatic nitrogens is 1. The van der Waals surface area contributed by atoms with Crippen LogP contribution in [-0.4, -0.2) is 54.8 Å². The third-order valence-corrected chi connectivity index (χ3v) is 6.37. The van der Waals surface area contributed by atoms with Gasteiger partial charge in [0.2, 0.25) is 0 Å². The summed E-state index contributed by atoms with van der Waals surface area (Å²) in [4.78, 5) is 26.6. The second-order valence-corrected chi connectivity index (χ2v) is 9.31. The lowest BCUT2D eigenvalue weighted by atomic mass is 10.2. The summed E-state index contributed by atoms with van der Waals surface area (Å²) in [6.45, 7) is 5.19. The molecule has 9 nitrogen and oxygen atoms in total. The standard InChI is InChI=1S/C18H21Cl2N3O4S.C2HF3O2/c1-3-5-8-23(4-2)17-14(18(24)25)9-12(11-21-17)22-28(26,27)13-6-7-15(19)16(20)10-13;3-2(4,5)1(6)7/h6-7,9-11,22H,3-5,8H2,1-2H3,(H,24,25);(H,6,7). The summed E-state index contributed by atoms with van der Waals surface area (Å²) in [6.07, 6.45) is -1.94. The minimum absolute atomic E-state index is 0.0405. The number of carboxylic acid groups (broad SMARTS) is 2. The molecule has 0 atom stereocenters. The molecule has 1 aromatic carbocycles. The number of benzene rings is 1. The normalized spacial score (nSPS) is 11.3. The Morgan fingerprint density at radius 2 is 1.71 bits per heavy atom. The summed E-state index contributed by atoms with van der Waals surface area (Å²) in [5, 5.41) is 17.0. The molecule has 0 aliphatic heterocycles. The van der Waals surface area contributed by atoms with Gasteiger partial charge in [-0.25, -0.2) is 23.0 Å². The number of unbranched alkanes of at least 4 members (excludes halogenated alkanes) is 1. The van der Waals surface area contributed by atoms with Crippen LogP contribution in [0.5, 0.6) is 0 Å². The molecule has 0 aliphatic carbocycles. The number of aliphatic carboxylic acids is 1. The molecule has 0 aliphatic rings. The first-order valence-corrected chi connectivity index (χ1v) is 12.1. The quantitative estimate of drug-likeness (QED) is 0.383. The Kier molecular flexibility index (Phi) is 11.1. The van der Waals surface area contributed by atoms with Gasteiger partial charge >= 0.3 is 18.1 Å². The van der Waals surface area contributed by atoms with Gasteiger partial charge in [0.25, 0.3) is 10.0 Å². The molecule has 3 N–H and O–H groups in total. The highest BCUT2D eigenvalue weighted by atomic mass is 35.5. The van der Waals surface area contributed by atoms with Crippen molar-refractivity contribution in [2.24, 2.45) is 0 Å². The van der Waals surface area contributed by atoms with Crippen molar-refractivity contribution in [2.45, 2.75) is 37.8 Å². The van der Waals surface area contributed by atoms with E-state index >= 15 is 0 Å². The summed E-state index contributed by atoms with van der Waals surface area (Å²) in [5.41, 5.74) is -0.0361. The number of hydrogen-bond donors (Lipinski definition) is 3. The zero-order valence-corrected chi connectivity index (χ0v) is 20.8. The van der Waals surface area contributed by atoms with Crippen LogP contribution in [-0.2, 0) is 14.8 Å². The fourth-order valence-corrected chi connectivity index (χ4v) is 3.97. The number of sulfonamides is 1. The lowest BCUT2D eigenvalue weighted by Crippen LogP contribution is -2.27. The first kappa shape index (κ1) is 30.3. The molecule has 0 saturated heterocycles. The predicted octanol–water partition coefficient (Wildman–Crippen LogP) is 5.15. The number of aromatic carboxylic acids is 1. The molecule has 2 rings (SSSR count). The van der Waals surface area contributed by atoms with Gasteiger partial charge in [-0.2, -0.15) is 13.2 Å². The summed E-state index contributed by atoms with van der Waals surface area (Å²) < 4.78 is 59.2. The van der Waals surface area contributed by atoms with E-state index in [1.165, 1.54) is 30.5 Å². The monoisotopic (exact) mass is 559 g/mol. The molecule has 35 heavy (non-hydrogen) atoms. The van der Waals surface area contributed by atoms with Crippen molar-refractivity contribution in [1.29, 1.82) is 0 Å². The Hall–Kier alpha value is -2.77. The van der Waals surface area contributed by atoms with Crippen molar-refractivity contribution >= 4 is 56.7 Å². The third kappa shape index (κ3) is 9.07. The van der Waals surface area contributed by atoms with E-state index in [0.717, 1.165) is 12.8 Å². The van der Waals surface area contributed by atoms with Gasteiger partial charge in [-0.05, 0) is 37.6 Å². The number of alkyl halides is 3. The van der Waals surface area contributed by atoms with Gasteiger partial charge in [0.05, 0.1) is 26.8 Å². The summed E-state index contributed by atoms with van der Waals surface area (Å²) in [5.74, 6) is -3.64. The molecule has 0 radical (unpaired) electrons. The molecule has 0 spiro atoms. The van der Waals surface area contributed by atoms with Crippen molar-refractivity contribution < 1.29 is 41.4 Å². The van der Waals surface area contributed by atoms with Crippen LogP contribution in [0.2, 0.25) is 10.0 Å². The van der Waals surface area contributed by atoms with E-state index in [9.17, 15) is 31.5 Å². The molecule has 0 fully saturated rings. The Morgan fingerprint density at radius 1 is 1.11 bits per heavy atom. The minimum Gasteiger partial charge on any atom is -0.478 e. The molecule has 0 bridgehead atoms. The average Bonchev–Trinajstić information content (AvgIpc) is 2.76. The van der Waals surface area contributed by atoms with Gasteiger partial charge in [0, 0.05) is 13.1 Å². The molecular weight excluding hydrogens is 538 g/mol. The van der Waals surface area contributed by atoms with Gasteiger partial charge in [-0.1, -0.05) is 36.5 Å². The molecule has 0 amide bonds. The minimum atomic E-state index is -5.08. The van der Waals surface area contributed by atoms with Crippen molar-refractivity contribution in [3.05, 3.63) is 46.1 Å². The maximum absolute atomic E-state index is 12.6. The molecular formula is C20H22Cl2F3N3O6S. The Morgan fingerprint density at radius 3 is 2.17 bits per heavy atom. The van der Waals surface area contributed by atoms with Crippen LogP contribution in [0.25, 0.3) is 0 Å². The highest BCUT2D eigenvalue weighted by Gasteiger charge is 2.38. The number of nitrogens with zero attached hydrogens (tertiary/aromatic N) is 2. The Labute approximate surface area is 209 Å². The number of pyridine rings is 1. The number of rotatable bonds is 9. The van der Waals surface area contributed by atoms with Gasteiger partial charge < -0.3 is 15.1 Å². The van der Waals surface area contributed by atoms with E-state index < -0.39 is 28.1 Å². The number of carbonyl (C=O) groups is 2. The van der Waals surface area contributed by atoms with Crippen LogP contribution in [0.3, 0.4) is 0 Å². The highest BCUT2D eigenvalue weighted by Crippen LogP contribution is 2.27. The molecule has 1 heterocycles. The van der Waals surface area contributed by atoms with E-state index in [0.29, 0.717) is 18.9 Å². The number of anilines is 2. The largest absolute Gasteiger partial charge is 0.490 e.